The van der Waals surface area contributed by atoms with Crippen LogP contribution >= 0.6 is 0 Å². The fraction of sp³-hybridized carbons (Fsp3) is 0.471. The zero-order valence-corrected chi connectivity index (χ0v) is 12.5. The first-order valence-corrected chi connectivity index (χ1v) is 7.33. The number of rotatable bonds is 4. The third-order valence-corrected chi connectivity index (χ3v) is 4.15. The number of nitrogens with one attached hydrogen (secondary N) is 1. The highest BCUT2D eigenvalue weighted by Gasteiger charge is 2.33. The summed E-state index contributed by atoms with van der Waals surface area (Å²) in [5.41, 5.74) is 5.04. The minimum Gasteiger partial charge on any atom is -0.383 e. The van der Waals surface area contributed by atoms with Gasteiger partial charge in [0, 0.05) is 28.7 Å². The van der Waals surface area contributed by atoms with Crippen LogP contribution in [0.15, 0.2) is 24.3 Å². The molecule has 1 aliphatic heterocycles. The molecule has 0 saturated carbocycles. The van der Waals surface area contributed by atoms with E-state index in [2.05, 4.69) is 44.3 Å². The summed E-state index contributed by atoms with van der Waals surface area (Å²) in [5.74, 6) is 0. The number of aromatic nitrogens is 1. The molecule has 1 aliphatic rings. The lowest BCUT2D eigenvalue weighted by atomic mass is 9.88. The number of benzene rings is 1. The van der Waals surface area contributed by atoms with Crippen LogP contribution in [0.3, 0.4) is 0 Å². The average Bonchev–Trinajstić information content (AvgIpc) is 2.42. The normalized spacial score (nSPS) is 16.9. The predicted molar refractivity (Wildman–Crippen MR) is 83.3 cm³/mol. The third-order valence-electron chi connectivity index (χ3n) is 4.15. The Bertz CT molecular complexity index is 632. The first kappa shape index (κ1) is 13.4. The van der Waals surface area contributed by atoms with Crippen molar-refractivity contribution in [3.8, 4) is 0 Å². The van der Waals surface area contributed by atoms with Gasteiger partial charge in [-0.05, 0) is 25.0 Å². The van der Waals surface area contributed by atoms with Gasteiger partial charge in [-0.3, -0.25) is 4.98 Å². The monoisotopic (exact) mass is 270 g/mol. The van der Waals surface area contributed by atoms with Gasteiger partial charge in [-0.25, -0.2) is 0 Å². The van der Waals surface area contributed by atoms with Crippen LogP contribution in [0.25, 0.3) is 10.9 Å². The number of pyridine rings is 1. The van der Waals surface area contributed by atoms with Crippen molar-refractivity contribution in [2.45, 2.75) is 27.2 Å². The van der Waals surface area contributed by atoms with Gasteiger partial charge in [0.15, 0.2) is 0 Å². The number of para-hydroxylation sites is 1. The highest BCUT2D eigenvalue weighted by Crippen LogP contribution is 2.32. The second-order valence-electron chi connectivity index (χ2n) is 6.08. The number of ether oxygens (including phenoxy) is 1. The molecule has 1 aromatic carbocycles. The van der Waals surface area contributed by atoms with Crippen LogP contribution in [0.4, 0.5) is 5.69 Å². The van der Waals surface area contributed by atoms with Crippen molar-refractivity contribution in [2.75, 3.05) is 25.1 Å². The van der Waals surface area contributed by atoms with Crippen LogP contribution in [-0.4, -0.2) is 24.7 Å². The van der Waals surface area contributed by atoms with Gasteiger partial charge in [0.1, 0.15) is 0 Å². The van der Waals surface area contributed by atoms with Gasteiger partial charge in [-0.1, -0.05) is 32.0 Å². The van der Waals surface area contributed by atoms with Gasteiger partial charge in [0.2, 0.25) is 0 Å². The fourth-order valence-electron chi connectivity index (χ4n) is 2.86. The molecule has 3 heteroatoms. The number of hydrogen-bond donors (Lipinski definition) is 1. The number of hydrogen-bond acceptors (Lipinski definition) is 3. The minimum absolute atomic E-state index is 0.267. The first-order valence-electron chi connectivity index (χ1n) is 7.33. The van der Waals surface area contributed by atoms with Crippen molar-refractivity contribution in [1.29, 1.82) is 0 Å². The van der Waals surface area contributed by atoms with E-state index in [-0.39, 0.29) is 5.41 Å². The molecule has 106 valence electrons. The van der Waals surface area contributed by atoms with Gasteiger partial charge in [0.25, 0.3) is 0 Å². The smallest absolute Gasteiger partial charge is 0.0726 e. The van der Waals surface area contributed by atoms with Crippen LogP contribution in [0.5, 0.6) is 0 Å². The van der Waals surface area contributed by atoms with E-state index in [1.54, 1.807) is 0 Å². The number of nitrogens with zero attached hydrogens (tertiary/aromatic N) is 1. The number of aryl methyl sites for hydroxylation is 1. The van der Waals surface area contributed by atoms with Crippen molar-refractivity contribution in [2.24, 2.45) is 5.41 Å². The minimum atomic E-state index is 0.267. The molecule has 1 saturated heterocycles. The van der Waals surface area contributed by atoms with Gasteiger partial charge in [-0.15, -0.1) is 0 Å². The molecule has 0 atom stereocenters. The lowest BCUT2D eigenvalue weighted by molar-refractivity contribution is -0.0924. The zero-order chi connectivity index (χ0) is 14.2. The zero-order valence-electron chi connectivity index (χ0n) is 12.5. The van der Waals surface area contributed by atoms with Crippen LogP contribution in [-0.2, 0) is 11.2 Å². The standard InChI is InChI=1S/C17H22N2O/c1-4-13-12(2)19-15-8-6-5-7-14(15)16(13)18-9-17(3)10-20-11-17/h5-8H,4,9-11H2,1-3H3,(H,18,19). The fourth-order valence-corrected chi connectivity index (χ4v) is 2.86. The molecule has 2 aromatic rings. The van der Waals surface area contributed by atoms with Gasteiger partial charge >= 0.3 is 0 Å². The maximum absolute atomic E-state index is 5.34. The Morgan fingerprint density at radius 3 is 2.70 bits per heavy atom. The van der Waals surface area contributed by atoms with E-state index in [1.807, 2.05) is 6.07 Å². The summed E-state index contributed by atoms with van der Waals surface area (Å²) in [6.07, 6.45) is 0.999. The topological polar surface area (TPSA) is 34.2 Å². The molecular weight excluding hydrogens is 248 g/mol. The Kier molecular flexibility index (Phi) is 3.38. The molecule has 0 bridgehead atoms. The second kappa shape index (κ2) is 5.06. The SMILES string of the molecule is CCc1c(C)nc2ccccc2c1NCC1(C)COC1. The van der Waals surface area contributed by atoms with Crippen LogP contribution in [0.2, 0.25) is 0 Å². The lowest BCUT2D eigenvalue weighted by Crippen LogP contribution is -2.45. The summed E-state index contributed by atoms with van der Waals surface area (Å²) in [6, 6.07) is 8.37. The van der Waals surface area contributed by atoms with Gasteiger partial charge in [0.05, 0.1) is 18.7 Å². The van der Waals surface area contributed by atoms with Crippen LogP contribution in [0, 0.1) is 12.3 Å². The Balaban J connectivity index is 2.01. The van der Waals surface area contributed by atoms with E-state index >= 15 is 0 Å². The largest absolute Gasteiger partial charge is 0.383 e. The third kappa shape index (κ3) is 2.27. The summed E-state index contributed by atoms with van der Waals surface area (Å²) in [6.45, 7) is 9.22. The quantitative estimate of drug-likeness (QED) is 0.922. The number of anilines is 1. The molecule has 0 aliphatic carbocycles. The Morgan fingerprint density at radius 2 is 2.05 bits per heavy atom. The second-order valence-corrected chi connectivity index (χ2v) is 6.08. The Morgan fingerprint density at radius 1 is 1.30 bits per heavy atom. The highest BCUT2D eigenvalue weighted by molar-refractivity contribution is 5.93. The molecule has 20 heavy (non-hydrogen) atoms. The summed E-state index contributed by atoms with van der Waals surface area (Å²) < 4.78 is 5.34. The maximum Gasteiger partial charge on any atom is 0.0726 e. The van der Waals surface area contributed by atoms with Gasteiger partial charge < -0.3 is 10.1 Å². The predicted octanol–water partition coefficient (Wildman–Crippen LogP) is 3.55. The van der Waals surface area contributed by atoms with Crippen LogP contribution in [0.1, 0.15) is 25.1 Å². The molecule has 0 spiro atoms. The molecule has 1 N–H and O–H groups in total. The molecule has 0 radical (unpaired) electrons. The number of fused-ring (bicyclic) bond motifs is 1. The van der Waals surface area contributed by atoms with Crippen molar-refractivity contribution in [3.63, 3.8) is 0 Å². The summed E-state index contributed by atoms with van der Waals surface area (Å²) >= 11 is 0. The van der Waals surface area contributed by atoms with E-state index in [1.165, 1.54) is 16.6 Å². The summed E-state index contributed by atoms with van der Waals surface area (Å²) in [7, 11) is 0. The van der Waals surface area contributed by atoms with Crippen molar-refractivity contribution in [1.82, 2.24) is 4.98 Å². The highest BCUT2D eigenvalue weighted by atomic mass is 16.5. The molecule has 2 heterocycles. The van der Waals surface area contributed by atoms with Crippen LogP contribution < -0.4 is 5.32 Å². The van der Waals surface area contributed by atoms with E-state index in [0.717, 1.165) is 37.4 Å². The van der Waals surface area contributed by atoms with E-state index < -0.39 is 0 Å². The first-order chi connectivity index (χ1) is 9.63. The van der Waals surface area contributed by atoms with Crippen molar-refractivity contribution >= 4 is 16.6 Å². The van der Waals surface area contributed by atoms with E-state index in [0.29, 0.717) is 0 Å². The average molecular weight is 270 g/mol. The molecule has 0 unspecified atom stereocenters. The lowest BCUT2D eigenvalue weighted by Gasteiger charge is -2.38. The molecular formula is C17H22N2O. The van der Waals surface area contributed by atoms with Crippen molar-refractivity contribution < 1.29 is 4.74 Å². The van der Waals surface area contributed by atoms with E-state index in [4.69, 9.17) is 9.72 Å². The molecule has 1 aromatic heterocycles. The Hall–Kier alpha value is -1.61. The molecule has 0 amide bonds. The summed E-state index contributed by atoms with van der Waals surface area (Å²) in [5, 5.41) is 4.89. The van der Waals surface area contributed by atoms with Gasteiger partial charge in [-0.2, -0.15) is 0 Å². The molecule has 1 fully saturated rings. The van der Waals surface area contributed by atoms with E-state index in [9.17, 15) is 0 Å². The van der Waals surface area contributed by atoms with Crippen molar-refractivity contribution in [3.05, 3.63) is 35.5 Å². The maximum atomic E-state index is 5.34. The summed E-state index contributed by atoms with van der Waals surface area (Å²) in [4.78, 5) is 4.72. The Labute approximate surface area is 120 Å². The molecule has 3 rings (SSSR count). The molecule has 3 nitrogen and oxygen atoms in total.